The van der Waals surface area contributed by atoms with Gasteiger partial charge in [0.25, 0.3) is 5.91 Å². The maximum atomic E-state index is 12.3. The molecule has 0 radical (unpaired) electrons. The Labute approximate surface area is 111 Å². The van der Waals surface area contributed by atoms with Gasteiger partial charge in [-0.15, -0.1) is 0 Å². The fourth-order valence-electron chi connectivity index (χ4n) is 1.79. The van der Waals surface area contributed by atoms with E-state index in [0.717, 1.165) is 5.69 Å². The zero-order valence-electron chi connectivity index (χ0n) is 10.7. The Morgan fingerprint density at radius 2 is 2.05 bits per heavy atom. The number of hydrogen-bond donors (Lipinski definition) is 2. The molecule has 2 aromatic rings. The maximum Gasteiger partial charge on any atom is 0.256 e. The third kappa shape index (κ3) is 3.01. The average Bonchev–Trinajstić information content (AvgIpc) is 2.39. The molecule has 0 unspecified atom stereocenters. The Kier molecular flexibility index (Phi) is 3.66. The predicted octanol–water partition coefficient (Wildman–Crippen LogP) is 1.52. The van der Waals surface area contributed by atoms with E-state index in [9.17, 15) is 4.79 Å². The highest BCUT2D eigenvalue weighted by Crippen LogP contribution is 2.17. The molecule has 0 aliphatic heterocycles. The molecule has 98 valence electrons. The molecule has 4 N–H and O–H groups in total. The van der Waals surface area contributed by atoms with Crippen molar-refractivity contribution in [3.05, 3.63) is 53.9 Å². The second-order valence-electron chi connectivity index (χ2n) is 4.33. The molecule has 0 atom stereocenters. The SMILES string of the molecule is CN(Cc1ccccn1)C(=O)c1ccc(N)cc1N. The van der Waals surface area contributed by atoms with Gasteiger partial charge in [0.1, 0.15) is 0 Å². The molecule has 0 saturated carbocycles. The molecule has 19 heavy (non-hydrogen) atoms. The van der Waals surface area contributed by atoms with E-state index in [1.165, 1.54) is 0 Å². The van der Waals surface area contributed by atoms with Gasteiger partial charge in [0.15, 0.2) is 0 Å². The zero-order chi connectivity index (χ0) is 13.8. The molecular weight excluding hydrogens is 240 g/mol. The summed E-state index contributed by atoms with van der Waals surface area (Å²) in [7, 11) is 1.72. The van der Waals surface area contributed by atoms with Crippen molar-refractivity contribution in [2.75, 3.05) is 18.5 Å². The van der Waals surface area contributed by atoms with Gasteiger partial charge in [0, 0.05) is 24.6 Å². The van der Waals surface area contributed by atoms with Gasteiger partial charge in [-0.3, -0.25) is 9.78 Å². The van der Waals surface area contributed by atoms with E-state index in [-0.39, 0.29) is 5.91 Å². The van der Waals surface area contributed by atoms with Gasteiger partial charge >= 0.3 is 0 Å². The van der Waals surface area contributed by atoms with Gasteiger partial charge in [0.2, 0.25) is 0 Å². The van der Waals surface area contributed by atoms with E-state index in [1.807, 2.05) is 18.2 Å². The third-order valence-corrected chi connectivity index (χ3v) is 2.78. The number of aromatic nitrogens is 1. The number of benzene rings is 1. The number of anilines is 2. The minimum absolute atomic E-state index is 0.150. The molecule has 1 heterocycles. The number of nitrogens with two attached hydrogens (primary N) is 2. The topological polar surface area (TPSA) is 85.2 Å². The number of amides is 1. The van der Waals surface area contributed by atoms with Gasteiger partial charge in [-0.2, -0.15) is 0 Å². The number of rotatable bonds is 3. The lowest BCUT2D eigenvalue weighted by Gasteiger charge is -2.17. The van der Waals surface area contributed by atoms with Crippen molar-refractivity contribution in [2.45, 2.75) is 6.54 Å². The lowest BCUT2D eigenvalue weighted by molar-refractivity contribution is 0.0784. The minimum atomic E-state index is -0.150. The Balaban J connectivity index is 2.15. The molecule has 0 saturated heterocycles. The third-order valence-electron chi connectivity index (χ3n) is 2.78. The normalized spacial score (nSPS) is 10.2. The van der Waals surface area contributed by atoms with Crippen LogP contribution in [0.5, 0.6) is 0 Å². The van der Waals surface area contributed by atoms with Gasteiger partial charge in [-0.05, 0) is 30.3 Å². The summed E-state index contributed by atoms with van der Waals surface area (Å²) in [5, 5.41) is 0. The van der Waals surface area contributed by atoms with E-state index >= 15 is 0 Å². The van der Waals surface area contributed by atoms with Crippen LogP contribution in [0.15, 0.2) is 42.6 Å². The van der Waals surface area contributed by atoms with Gasteiger partial charge < -0.3 is 16.4 Å². The van der Waals surface area contributed by atoms with E-state index < -0.39 is 0 Å². The molecule has 0 spiro atoms. The Morgan fingerprint density at radius 3 is 2.68 bits per heavy atom. The van der Waals surface area contributed by atoms with Crippen LogP contribution in [0.4, 0.5) is 11.4 Å². The molecule has 2 rings (SSSR count). The van der Waals surface area contributed by atoms with Crippen molar-refractivity contribution in [3.63, 3.8) is 0 Å². The van der Waals surface area contributed by atoms with Gasteiger partial charge in [-0.1, -0.05) is 6.07 Å². The van der Waals surface area contributed by atoms with Crippen LogP contribution in [-0.4, -0.2) is 22.8 Å². The molecule has 0 aliphatic carbocycles. The van der Waals surface area contributed by atoms with Crippen molar-refractivity contribution in [2.24, 2.45) is 0 Å². The van der Waals surface area contributed by atoms with Crippen molar-refractivity contribution in [3.8, 4) is 0 Å². The standard InChI is InChI=1S/C14H16N4O/c1-18(9-11-4-2-3-7-17-11)14(19)12-6-5-10(15)8-13(12)16/h2-8H,9,15-16H2,1H3. The highest BCUT2D eigenvalue weighted by atomic mass is 16.2. The number of hydrogen-bond acceptors (Lipinski definition) is 4. The highest BCUT2D eigenvalue weighted by molar-refractivity contribution is 5.99. The average molecular weight is 256 g/mol. The zero-order valence-corrected chi connectivity index (χ0v) is 10.7. The Bertz CT molecular complexity index is 583. The molecule has 0 aliphatic rings. The second-order valence-corrected chi connectivity index (χ2v) is 4.33. The highest BCUT2D eigenvalue weighted by Gasteiger charge is 2.15. The van der Waals surface area contributed by atoms with Crippen LogP contribution >= 0.6 is 0 Å². The van der Waals surface area contributed by atoms with E-state index in [4.69, 9.17) is 11.5 Å². The van der Waals surface area contributed by atoms with Crippen LogP contribution in [0.25, 0.3) is 0 Å². The van der Waals surface area contributed by atoms with E-state index in [1.54, 1.807) is 36.3 Å². The summed E-state index contributed by atoms with van der Waals surface area (Å²) in [5.74, 6) is -0.150. The number of nitrogen functional groups attached to an aromatic ring is 2. The Hall–Kier alpha value is -2.56. The first-order valence-electron chi connectivity index (χ1n) is 5.88. The van der Waals surface area contributed by atoms with Crippen molar-refractivity contribution in [1.29, 1.82) is 0 Å². The lowest BCUT2D eigenvalue weighted by Crippen LogP contribution is -2.27. The van der Waals surface area contributed by atoms with Gasteiger partial charge in [0.05, 0.1) is 17.8 Å². The summed E-state index contributed by atoms with van der Waals surface area (Å²) in [6.45, 7) is 0.434. The number of carbonyl (C=O) groups is 1. The van der Waals surface area contributed by atoms with Crippen molar-refractivity contribution < 1.29 is 4.79 Å². The fraction of sp³-hybridized carbons (Fsp3) is 0.143. The molecule has 5 heteroatoms. The van der Waals surface area contributed by atoms with Gasteiger partial charge in [-0.25, -0.2) is 0 Å². The van der Waals surface area contributed by atoms with Crippen LogP contribution < -0.4 is 11.5 Å². The predicted molar refractivity (Wildman–Crippen MR) is 75.3 cm³/mol. The summed E-state index contributed by atoms with van der Waals surface area (Å²) in [4.78, 5) is 18.0. The second kappa shape index (κ2) is 5.39. The van der Waals surface area contributed by atoms with Crippen LogP contribution in [0.1, 0.15) is 16.1 Å². The van der Waals surface area contributed by atoms with Crippen LogP contribution in [-0.2, 0) is 6.54 Å². The largest absolute Gasteiger partial charge is 0.399 e. The first-order chi connectivity index (χ1) is 9.08. The molecule has 1 aromatic heterocycles. The maximum absolute atomic E-state index is 12.3. The first-order valence-corrected chi connectivity index (χ1v) is 5.88. The smallest absolute Gasteiger partial charge is 0.256 e. The quantitative estimate of drug-likeness (QED) is 0.815. The minimum Gasteiger partial charge on any atom is -0.399 e. The fourth-order valence-corrected chi connectivity index (χ4v) is 1.79. The van der Waals surface area contributed by atoms with Crippen molar-refractivity contribution in [1.82, 2.24) is 9.88 Å². The summed E-state index contributed by atoms with van der Waals surface area (Å²) in [6.07, 6.45) is 1.70. The summed E-state index contributed by atoms with van der Waals surface area (Å²) in [6, 6.07) is 10.5. The van der Waals surface area contributed by atoms with E-state index in [2.05, 4.69) is 4.98 Å². The molecular formula is C14H16N4O. The molecule has 5 nitrogen and oxygen atoms in total. The molecule has 0 fully saturated rings. The summed E-state index contributed by atoms with van der Waals surface area (Å²) >= 11 is 0. The van der Waals surface area contributed by atoms with Crippen LogP contribution in [0.2, 0.25) is 0 Å². The molecule has 1 amide bonds. The van der Waals surface area contributed by atoms with Crippen LogP contribution in [0.3, 0.4) is 0 Å². The number of nitrogens with zero attached hydrogens (tertiary/aromatic N) is 2. The van der Waals surface area contributed by atoms with Crippen molar-refractivity contribution >= 4 is 17.3 Å². The number of carbonyl (C=O) groups excluding carboxylic acids is 1. The summed E-state index contributed by atoms with van der Waals surface area (Å²) < 4.78 is 0. The van der Waals surface area contributed by atoms with Crippen LogP contribution in [0, 0.1) is 0 Å². The van der Waals surface area contributed by atoms with E-state index in [0.29, 0.717) is 23.5 Å². The molecule has 0 bridgehead atoms. The Morgan fingerprint density at radius 1 is 1.26 bits per heavy atom. The first kappa shape index (κ1) is 12.9. The monoisotopic (exact) mass is 256 g/mol. The molecule has 1 aromatic carbocycles. The lowest BCUT2D eigenvalue weighted by atomic mass is 10.1. The number of pyridine rings is 1. The summed E-state index contributed by atoms with van der Waals surface area (Å²) in [5.41, 5.74) is 13.6.